The molecule has 3 aromatic rings. The fraction of sp³-hybridized carbons (Fsp3) is 0.379. The molecule has 1 heterocycles. The maximum atomic E-state index is 13.3. The Bertz CT molecular complexity index is 1260. The highest BCUT2D eigenvalue weighted by Gasteiger charge is 2.30. The molecule has 0 fully saturated rings. The Morgan fingerprint density at radius 2 is 1.89 bits per heavy atom. The van der Waals surface area contributed by atoms with Crippen molar-refractivity contribution in [3.63, 3.8) is 0 Å². The predicted octanol–water partition coefficient (Wildman–Crippen LogP) is 4.19. The van der Waals surface area contributed by atoms with Gasteiger partial charge >= 0.3 is 6.03 Å². The topological polar surface area (TPSA) is 94.1 Å². The summed E-state index contributed by atoms with van der Waals surface area (Å²) < 4.78 is 6.44. The molecule has 196 valence electrons. The van der Waals surface area contributed by atoms with E-state index >= 15 is 0 Å². The van der Waals surface area contributed by atoms with E-state index < -0.39 is 0 Å². The Balaban J connectivity index is 1.58. The van der Waals surface area contributed by atoms with Gasteiger partial charge in [0.25, 0.3) is 0 Å². The maximum absolute atomic E-state index is 13.3. The highest BCUT2D eigenvalue weighted by Crippen LogP contribution is 2.29. The number of fused-ring (bicyclic) bond motifs is 2. The van der Waals surface area contributed by atoms with Crippen LogP contribution in [0.4, 0.5) is 16.2 Å². The van der Waals surface area contributed by atoms with Gasteiger partial charge in [-0.3, -0.25) is 4.79 Å². The van der Waals surface area contributed by atoms with E-state index in [0.717, 1.165) is 10.8 Å². The molecule has 37 heavy (non-hydrogen) atoms. The largest absolute Gasteiger partial charge is 0.488 e. The lowest BCUT2D eigenvalue weighted by Gasteiger charge is -2.33. The zero-order valence-electron chi connectivity index (χ0n) is 21.9. The van der Waals surface area contributed by atoms with Gasteiger partial charge in [-0.1, -0.05) is 43.3 Å². The molecule has 3 amide bonds. The summed E-state index contributed by atoms with van der Waals surface area (Å²) >= 11 is 0. The molecule has 3 N–H and O–H groups in total. The van der Waals surface area contributed by atoms with Crippen LogP contribution in [0.1, 0.15) is 19.4 Å². The molecule has 0 spiro atoms. The molecule has 0 aromatic heterocycles. The molecule has 1 aliphatic rings. The molecule has 8 nitrogen and oxygen atoms in total. The highest BCUT2D eigenvalue weighted by atomic mass is 16.5. The van der Waals surface area contributed by atoms with Crippen LogP contribution in [0.25, 0.3) is 10.8 Å². The van der Waals surface area contributed by atoms with Crippen LogP contribution in [0, 0.1) is 5.92 Å². The number of aliphatic hydroxyl groups is 1. The molecule has 3 atom stereocenters. The molecule has 0 bridgehead atoms. The first kappa shape index (κ1) is 26.4. The summed E-state index contributed by atoms with van der Waals surface area (Å²) in [4.78, 5) is 30.0. The van der Waals surface area contributed by atoms with E-state index in [9.17, 15) is 14.7 Å². The second kappa shape index (κ2) is 11.6. The summed E-state index contributed by atoms with van der Waals surface area (Å²) in [5.74, 6) is 0.599. The number of likely N-dealkylation sites (N-methyl/N-ethyl adjacent to an activating group) is 1. The number of amides is 3. The van der Waals surface area contributed by atoms with Crippen LogP contribution in [-0.2, 0) is 11.2 Å². The Hall–Kier alpha value is -3.62. The van der Waals surface area contributed by atoms with Crippen LogP contribution < -0.4 is 15.4 Å². The molecule has 8 heteroatoms. The zero-order chi connectivity index (χ0) is 26.5. The number of carbonyl (C=O) groups excluding carboxylic acids is 2. The summed E-state index contributed by atoms with van der Waals surface area (Å²) in [6.07, 6.45) is -0.0387. The van der Waals surface area contributed by atoms with Crippen LogP contribution in [0.5, 0.6) is 5.75 Å². The van der Waals surface area contributed by atoms with Crippen molar-refractivity contribution in [2.45, 2.75) is 32.4 Å². The van der Waals surface area contributed by atoms with Crippen LogP contribution in [-0.4, -0.2) is 72.8 Å². The van der Waals surface area contributed by atoms with Gasteiger partial charge in [-0.05, 0) is 50.7 Å². The number of nitrogens with zero attached hydrogens (tertiary/aromatic N) is 2. The van der Waals surface area contributed by atoms with Gasteiger partial charge in [-0.15, -0.1) is 0 Å². The van der Waals surface area contributed by atoms with E-state index in [1.807, 2.05) is 69.6 Å². The third kappa shape index (κ3) is 6.39. The van der Waals surface area contributed by atoms with Gasteiger partial charge in [0.2, 0.25) is 5.91 Å². The molecule has 3 aromatic carbocycles. The normalized spacial score (nSPS) is 18.9. The van der Waals surface area contributed by atoms with Crippen molar-refractivity contribution in [2.75, 3.05) is 44.4 Å². The van der Waals surface area contributed by atoms with Crippen molar-refractivity contribution in [3.05, 3.63) is 66.2 Å². The lowest BCUT2D eigenvalue weighted by molar-refractivity contribution is -0.134. The second-order valence-corrected chi connectivity index (χ2v) is 10.1. The van der Waals surface area contributed by atoms with Crippen molar-refractivity contribution >= 4 is 34.1 Å². The Labute approximate surface area is 218 Å². The monoisotopic (exact) mass is 504 g/mol. The Morgan fingerprint density at radius 1 is 1.14 bits per heavy atom. The summed E-state index contributed by atoms with van der Waals surface area (Å²) in [5, 5.41) is 17.6. The zero-order valence-corrected chi connectivity index (χ0v) is 21.9. The SMILES string of the molecule is C[C@H]1CN([C@@H](C)CO)C(=O)Cc2cc(NC(=O)Nc3cccc4ccccc34)ccc2O[C@@H]1CN(C)C. The van der Waals surface area contributed by atoms with Gasteiger partial charge in [-0.2, -0.15) is 0 Å². The first-order valence-electron chi connectivity index (χ1n) is 12.7. The van der Waals surface area contributed by atoms with Gasteiger partial charge < -0.3 is 30.3 Å². The van der Waals surface area contributed by atoms with E-state index in [0.29, 0.717) is 35.8 Å². The van der Waals surface area contributed by atoms with E-state index in [2.05, 4.69) is 22.5 Å². The number of urea groups is 1. The van der Waals surface area contributed by atoms with Crippen LogP contribution >= 0.6 is 0 Å². The minimum Gasteiger partial charge on any atom is -0.488 e. The van der Waals surface area contributed by atoms with E-state index in [1.54, 1.807) is 17.0 Å². The quantitative estimate of drug-likeness (QED) is 0.468. The Morgan fingerprint density at radius 3 is 2.65 bits per heavy atom. The van der Waals surface area contributed by atoms with E-state index in [-0.39, 0.29) is 43.0 Å². The number of benzene rings is 3. The van der Waals surface area contributed by atoms with Crippen molar-refractivity contribution in [3.8, 4) is 5.75 Å². The maximum Gasteiger partial charge on any atom is 0.323 e. The van der Waals surface area contributed by atoms with Crippen molar-refractivity contribution < 1.29 is 19.4 Å². The molecular formula is C29H36N4O4. The van der Waals surface area contributed by atoms with Crippen LogP contribution in [0.2, 0.25) is 0 Å². The number of aliphatic hydroxyl groups excluding tert-OH is 1. The first-order chi connectivity index (χ1) is 17.7. The number of anilines is 2. The average molecular weight is 505 g/mol. The van der Waals surface area contributed by atoms with Crippen LogP contribution in [0.15, 0.2) is 60.7 Å². The highest BCUT2D eigenvalue weighted by molar-refractivity contribution is 6.06. The molecule has 4 rings (SSSR count). The minimum atomic E-state index is -0.374. The molecule has 0 saturated carbocycles. The molecule has 0 radical (unpaired) electrons. The van der Waals surface area contributed by atoms with Crippen molar-refractivity contribution in [1.82, 2.24) is 9.80 Å². The summed E-state index contributed by atoms with van der Waals surface area (Å²) in [7, 11) is 3.98. The van der Waals surface area contributed by atoms with Crippen molar-refractivity contribution in [1.29, 1.82) is 0 Å². The minimum absolute atomic E-state index is 0.0515. The number of hydrogen-bond acceptors (Lipinski definition) is 5. The summed E-state index contributed by atoms with van der Waals surface area (Å²) in [6.45, 7) is 4.98. The second-order valence-electron chi connectivity index (χ2n) is 10.1. The van der Waals surface area contributed by atoms with Gasteiger partial charge in [0.1, 0.15) is 11.9 Å². The third-order valence-electron chi connectivity index (χ3n) is 6.76. The standard InChI is InChI=1S/C29H36N4O4/c1-19-16-33(20(2)18-34)28(35)15-22-14-23(12-13-26(22)37-27(19)17-32(3)4)30-29(36)31-25-11-7-9-21-8-5-6-10-24(21)25/h5-14,19-20,27,34H,15-18H2,1-4H3,(H2,30,31,36)/t19-,20-,27+/m0/s1. The summed E-state index contributed by atoms with van der Waals surface area (Å²) in [6, 6.07) is 18.3. The number of nitrogens with one attached hydrogen (secondary N) is 2. The predicted molar refractivity (Wildman–Crippen MR) is 147 cm³/mol. The molecule has 0 unspecified atom stereocenters. The lowest BCUT2D eigenvalue weighted by Crippen LogP contribution is -2.47. The van der Waals surface area contributed by atoms with Gasteiger partial charge in [0, 0.05) is 35.6 Å². The molecule has 1 aliphatic heterocycles. The third-order valence-corrected chi connectivity index (χ3v) is 6.76. The van der Waals surface area contributed by atoms with Gasteiger partial charge in [0.05, 0.1) is 24.8 Å². The average Bonchev–Trinajstić information content (AvgIpc) is 2.91. The van der Waals surface area contributed by atoms with Crippen molar-refractivity contribution in [2.24, 2.45) is 5.92 Å². The first-order valence-corrected chi connectivity index (χ1v) is 12.7. The number of carbonyl (C=O) groups is 2. The van der Waals surface area contributed by atoms with Crippen LogP contribution in [0.3, 0.4) is 0 Å². The van der Waals surface area contributed by atoms with Gasteiger partial charge in [0.15, 0.2) is 0 Å². The summed E-state index contributed by atoms with van der Waals surface area (Å²) in [5.41, 5.74) is 1.97. The fourth-order valence-corrected chi connectivity index (χ4v) is 4.70. The molecule has 0 saturated heterocycles. The van der Waals surface area contributed by atoms with E-state index in [4.69, 9.17) is 4.74 Å². The smallest absolute Gasteiger partial charge is 0.323 e. The van der Waals surface area contributed by atoms with E-state index in [1.165, 1.54) is 0 Å². The van der Waals surface area contributed by atoms with Gasteiger partial charge in [-0.25, -0.2) is 4.79 Å². The number of ether oxygens (including phenoxy) is 1. The Kier molecular flexibility index (Phi) is 8.31. The molecular weight excluding hydrogens is 468 g/mol. The number of hydrogen-bond donors (Lipinski definition) is 3. The lowest BCUT2D eigenvalue weighted by atomic mass is 10.0. The number of rotatable bonds is 6. The molecule has 0 aliphatic carbocycles. The fourth-order valence-electron chi connectivity index (χ4n) is 4.70.